The number of methoxy groups -OCH3 is 1. The molecule has 2 aromatic rings. The van der Waals surface area contributed by atoms with Crippen LogP contribution in [0.1, 0.15) is 10.5 Å². The van der Waals surface area contributed by atoms with Crippen molar-refractivity contribution in [2.75, 3.05) is 11.8 Å². The fourth-order valence-electron chi connectivity index (χ4n) is 1.42. The van der Waals surface area contributed by atoms with Crippen LogP contribution >= 0.6 is 34.5 Å². The molecule has 0 aliphatic carbocycles. The van der Waals surface area contributed by atoms with Gasteiger partial charge in [0.1, 0.15) is 0 Å². The molecule has 0 amide bonds. The van der Waals surface area contributed by atoms with Gasteiger partial charge in [-0.25, -0.2) is 18.2 Å². The van der Waals surface area contributed by atoms with E-state index < -0.39 is 16.0 Å². The van der Waals surface area contributed by atoms with Crippen LogP contribution in [0.2, 0.25) is 10.0 Å². The van der Waals surface area contributed by atoms with Gasteiger partial charge < -0.3 is 4.74 Å². The Balaban J connectivity index is 2.39. The molecule has 0 saturated carbocycles. The molecule has 0 atom stereocenters. The fourth-order valence-corrected chi connectivity index (χ4v) is 4.15. The van der Waals surface area contributed by atoms with E-state index in [-0.39, 0.29) is 20.6 Å². The van der Waals surface area contributed by atoms with Crippen molar-refractivity contribution in [1.82, 2.24) is 4.98 Å². The van der Waals surface area contributed by atoms with Crippen molar-refractivity contribution in [2.45, 2.75) is 4.21 Å². The van der Waals surface area contributed by atoms with Crippen molar-refractivity contribution < 1.29 is 17.9 Å². The van der Waals surface area contributed by atoms with E-state index in [1.165, 1.54) is 23.7 Å². The molecule has 1 aromatic heterocycles. The lowest BCUT2D eigenvalue weighted by atomic mass is 10.3. The number of hydrogen-bond acceptors (Lipinski definition) is 6. The van der Waals surface area contributed by atoms with Crippen LogP contribution < -0.4 is 4.72 Å². The SMILES string of the molecule is COC(=O)c1ncsc1S(=O)(=O)Nc1ccc(Cl)cc1Cl. The number of hydrogen-bond donors (Lipinski definition) is 1. The summed E-state index contributed by atoms with van der Waals surface area (Å²) in [6.45, 7) is 0. The zero-order chi connectivity index (χ0) is 15.6. The van der Waals surface area contributed by atoms with Gasteiger partial charge in [0.15, 0.2) is 9.90 Å². The predicted octanol–water partition coefficient (Wildman–Crippen LogP) is 3.04. The Labute approximate surface area is 134 Å². The summed E-state index contributed by atoms with van der Waals surface area (Å²) in [4.78, 5) is 15.2. The molecule has 0 saturated heterocycles. The topological polar surface area (TPSA) is 85.4 Å². The average molecular weight is 367 g/mol. The Hall–Kier alpha value is -1.35. The van der Waals surface area contributed by atoms with E-state index in [1.807, 2.05) is 0 Å². The van der Waals surface area contributed by atoms with Crippen LogP contribution in [0, 0.1) is 0 Å². The first-order valence-corrected chi connectivity index (χ1v) is 8.46. The van der Waals surface area contributed by atoms with Crippen molar-refractivity contribution >= 4 is 56.2 Å². The molecule has 0 unspecified atom stereocenters. The van der Waals surface area contributed by atoms with Gasteiger partial charge in [-0.2, -0.15) is 0 Å². The average Bonchev–Trinajstić information content (AvgIpc) is 2.91. The van der Waals surface area contributed by atoms with E-state index in [0.29, 0.717) is 5.02 Å². The highest BCUT2D eigenvalue weighted by Crippen LogP contribution is 2.29. The monoisotopic (exact) mass is 366 g/mol. The quantitative estimate of drug-likeness (QED) is 0.840. The summed E-state index contributed by atoms with van der Waals surface area (Å²) in [5.74, 6) is -0.834. The maximum absolute atomic E-state index is 12.3. The molecule has 0 spiro atoms. The lowest BCUT2D eigenvalue weighted by molar-refractivity contribution is 0.0590. The minimum atomic E-state index is -4.01. The highest BCUT2D eigenvalue weighted by Gasteiger charge is 2.27. The second-order valence-electron chi connectivity index (χ2n) is 3.71. The van der Waals surface area contributed by atoms with Gasteiger partial charge in [0.2, 0.25) is 0 Å². The first kappa shape index (κ1) is 16.0. The number of carbonyl (C=O) groups excluding carboxylic acids is 1. The molecule has 0 bridgehead atoms. The third kappa shape index (κ3) is 3.46. The molecular formula is C11H8Cl2N2O4S2. The number of carbonyl (C=O) groups is 1. The van der Waals surface area contributed by atoms with Gasteiger partial charge >= 0.3 is 5.97 Å². The lowest BCUT2D eigenvalue weighted by Crippen LogP contribution is -2.16. The molecule has 0 fully saturated rings. The maximum atomic E-state index is 12.3. The van der Waals surface area contributed by atoms with E-state index in [0.717, 1.165) is 18.4 Å². The van der Waals surface area contributed by atoms with Crippen molar-refractivity contribution in [3.05, 3.63) is 39.4 Å². The number of nitrogens with zero attached hydrogens (tertiary/aromatic N) is 1. The molecule has 10 heteroatoms. The van der Waals surface area contributed by atoms with E-state index in [4.69, 9.17) is 23.2 Å². The van der Waals surface area contributed by atoms with Gasteiger partial charge in [0.25, 0.3) is 10.0 Å². The second-order valence-corrected chi connectivity index (χ2v) is 7.29. The number of nitrogens with one attached hydrogen (secondary N) is 1. The van der Waals surface area contributed by atoms with Crippen molar-refractivity contribution in [1.29, 1.82) is 0 Å². The van der Waals surface area contributed by atoms with Gasteiger partial charge in [0.05, 0.1) is 23.3 Å². The summed E-state index contributed by atoms with van der Waals surface area (Å²) in [6.07, 6.45) is 0. The summed E-state index contributed by atoms with van der Waals surface area (Å²) in [7, 11) is -2.87. The fraction of sp³-hybridized carbons (Fsp3) is 0.0909. The van der Waals surface area contributed by atoms with E-state index >= 15 is 0 Å². The summed E-state index contributed by atoms with van der Waals surface area (Å²) >= 11 is 12.5. The Morgan fingerprint density at radius 1 is 1.38 bits per heavy atom. The second kappa shape index (κ2) is 6.18. The van der Waals surface area contributed by atoms with E-state index in [1.54, 1.807) is 0 Å². The molecule has 112 valence electrons. The van der Waals surface area contributed by atoms with Gasteiger partial charge in [-0.1, -0.05) is 23.2 Å². The highest BCUT2D eigenvalue weighted by atomic mass is 35.5. The summed E-state index contributed by atoms with van der Waals surface area (Å²) in [5, 5.41) is 0.506. The Morgan fingerprint density at radius 3 is 2.71 bits per heavy atom. The Bertz CT molecular complexity index is 789. The van der Waals surface area contributed by atoms with Crippen LogP contribution in [0.4, 0.5) is 5.69 Å². The molecule has 21 heavy (non-hydrogen) atoms. The normalized spacial score (nSPS) is 11.2. The molecule has 0 aliphatic heterocycles. The molecule has 1 N–H and O–H groups in total. The zero-order valence-electron chi connectivity index (χ0n) is 10.5. The number of sulfonamides is 1. The third-order valence-corrected chi connectivity index (χ3v) is 5.62. The van der Waals surface area contributed by atoms with Gasteiger partial charge in [-0.15, -0.1) is 11.3 Å². The number of thiazole rings is 1. The minimum absolute atomic E-state index is 0.134. The van der Waals surface area contributed by atoms with Gasteiger partial charge in [0, 0.05) is 5.02 Å². The highest BCUT2D eigenvalue weighted by molar-refractivity contribution is 7.94. The first-order valence-electron chi connectivity index (χ1n) is 5.35. The Kier molecular flexibility index (Phi) is 4.72. The maximum Gasteiger partial charge on any atom is 0.358 e. The van der Waals surface area contributed by atoms with Crippen molar-refractivity contribution in [3.63, 3.8) is 0 Å². The summed E-state index contributed by atoms with van der Waals surface area (Å²) < 4.78 is 31.1. The van der Waals surface area contributed by atoms with Crippen molar-refractivity contribution in [3.8, 4) is 0 Å². The smallest absolute Gasteiger partial charge is 0.358 e. The number of aromatic nitrogens is 1. The van der Waals surface area contributed by atoms with Crippen LogP contribution in [0.25, 0.3) is 0 Å². The van der Waals surface area contributed by atoms with Crippen LogP contribution in [0.15, 0.2) is 27.9 Å². The molecule has 0 aliphatic rings. The Morgan fingerprint density at radius 2 is 2.10 bits per heavy atom. The van der Waals surface area contributed by atoms with E-state index in [2.05, 4.69) is 14.4 Å². The minimum Gasteiger partial charge on any atom is -0.464 e. The number of ether oxygens (including phenoxy) is 1. The van der Waals surface area contributed by atoms with Crippen LogP contribution in [-0.4, -0.2) is 26.5 Å². The third-order valence-electron chi connectivity index (χ3n) is 2.33. The summed E-state index contributed by atoms with van der Waals surface area (Å²) in [6, 6.07) is 4.30. The van der Waals surface area contributed by atoms with Crippen molar-refractivity contribution in [2.24, 2.45) is 0 Å². The number of halogens is 2. The molecular weight excluding hydrogens is 359 g/mol. The molecule has 1 heterocycles. The van der Waals surface area contributed by atoms with Gasteiger partial charge in [-0.05, 0) is 18.2 Å². The lowest BCUT2D eigenvalue weighted by Gasteiger charge is -2.09. The number of rotatable bonds is 4. The first-order chi connectivity index (χ1) is 9.85. The predicted molar refractivity (Wildman–Crippen MR) is 80.7 cm³/mol. The van der Waals surface area contributed by atoms with E-state index in [9.17, 15) is 13.2 Å². The molecule has 2 rings (SSSR count). The van der Waals surface area contributed by atoms with Crippen LogP contribution in [0.5, 0.6) is 0 Å². The molecule has 1 aromatic carbocycles. The van der Waals surface area contributed by atoms with Crippen LogP contribution in [-0.2, 0) is 14.8 Å². The number of anilines is 1. The summed E-state index contributed by atoms with van der Waals surface area (Å²) in [5.41, 5.74) is 1.11. The molecule has 6 nitrogen and oxygen atoms in total. The number of benzene rings is 1. The largest absolute Gasteiger partial charge is 0.464 e. The van der Waals surface area contributed by atoms with Crippen LogP contribution in [0.3, 0.4) is 0 Å². The standard InChI is InChI=1S/C11H8Cl2N2O4S2/c1-19-10(16)9-11(20-5-14-9)21(17,18)15-8-3-2-6(12)4-7(8)13/h2-5,15H,1H3. The zero-order valence-corrected chi connectivity index (χ0v) is 13.6. The molecule has 0 radical (unpaired) electrons. The van der Waals surface area contributed by atoms with Gasteiger partial charge in [-0.3, -0.25) is 4.72 Å². The number of esters is 1.